The Bertz CT molecular complexity index is 915. The van der Waals surface area contributed by atoms with Crippen molar-refractivity contribution < 1.29 is 0 Å². The Morgan fingerprint density at radius 3 is 1.25 bits per heavy atom. The predicted octanol–water partition coefficient (Wildman–Crippen LogP) is 8.26. The Balaban J connectivity index is 2.00. The van der Waals surface area contributed by atoms with Crippen molar-refractivity contribution in [1.29, 1.82) is 0 Å². The molecule has 0 nitrogen and oxygen atoms in total. The Morgan fingerprint density at radius 1 is 0.571 bits per heavy atom. The number of aryl methyl sites for hydroxylation is 3. The molecular formula is C26H24Cl2. The molecular weight excluding hydrogens is 383 g/mol. The Kier molecular flexibility index (Phi) is 6.78. The molecule has 1 atom stereocenters. The van der Waals surface area contributed by atoms with Crippen LogP contribution in [0.1, 0.15) is 39.3 Å². The van der Waals surface area contributed by atoms with Gasteiger partial charge in [-0.25, -0.2) is 0 Å². The van der Waals surface area contributed by atoms with Crippen molar-refractivity contribution >= 4 is 33.3 Å². The zero-order chi connectivity index (χ0) is 20.1. The summed E-state index contributed by atoms with van der Waals surface area (Å²) in [5.41, 5.74) is 6.82. The van der Waals surface area contributed by atoms with Crippen LogP contribution in [-0.4, -0.2) is 0 Å². The van der Waals surface area contributed by atoms with E-state index in [-0.39, 0.29) is 5.92 Å². The highest BCUT2D eigenvalue weighted by Crippen LogP contribution is 2.31. The zero-order valence-electron chi connectivity index (χ0n) is 16.4. The minimum Gasteiger partial charge on any atom is -0.0840 e. The molecule has 2 heteroatoms. The van der Waals surface area contributed by atoms with Crippen LogP contribution in [0.5, 0.6) is 0 Å². The third-order valence-electron chi connectivity index (χ3n) is 4.77. The van der Waals surface area contributed by atoms with E-state index in [4.69, 9.17) is 23.2 Å². The summed E-state index contributed by atoms with van der Waals surface area (Å²) in [6, 6.07) is 25.0. The van der Waals surface area contributed by atoms with Gasteiger partial charge in [0.25, 0.3) is 0 Å². The molecule has 0 heterocycles. The predicted molar refractivity (Wildman–Crippen MR) is 124 cm³/mol. The summed E-state index contributed by atoms with van der Waals surface area (Å²) in [5.74, 6) is -0.0248. The van der Waals surface area contributed by atoms with Crippen LogP contribution >= 0.6 is 23.2 Å². The lowest BCUT2D eigenvalue weighted by Crippen LogP contribution is -1.94. The second kappa shape index (κ2) is 9.28. The molecule has 0 bridgehead atoms. The van der Waals surface area contributed by atoms with Crippen molar-refractivity contribution in [2.24, 2.45) is 0 Å². The molecule has 3 aromatic carbocycles. The average molecular weight is 407 g/mol. The second-order valence-corrected chi connectivity index (χ2v) is 8.01. The third kappa shape index (κ3) is 5.38. The van der Waals surface area contributed by atoms with E-state index >= 15 is 0 Å². The van der Waals surface area contributed by atoms with E-state index in [0.717, 1.165) is 26.8 Å². The normalized spacial score (nSPS) is 13.5. The van der Waals surface area contributed by atoms with Crippen LogP contribution < -0.4 is 0 Å². The number of benzene rings is 3. The Hall–Kier alpha value is -2.28. The van der Waals surface area contributed by atoms with Gasteiger partial charge in [-0.2, -0.15) is 0 Å². The number of halogens is 2. The van der Waals surface area contributed by atoms with Gasteiger partial charge in [-0.05, 0) is 37.5 Å². The quantitative estimate of drug-likeness (QED) is 0.399. The summed E-state index contributed by atoms with van der Waals surface area (Å²) < 4.78 is 0. The molecule has 0 saturated heterocycles. The second-order valence-electron chi connectivity index (χ2n) is 7.20. The molecule has 0 spiro atoms. The minimum absolute atomic E-state index is 0.0248. The van der Waals surface area contributed by atoms with Gasteiger partial charge in [-0.3, -0.25) is 0 Å². The van der Waals surface area contributed by atoms with Crippen molar-refractivity contribution in [2.75, 3.05) is 0 Å². The van der Waals surface area contributed by atoms with Crippen LogP contribution in [-0.2, 0) is 0 Å². The third-order valence-corrected chi connectivity index (χ3v) is 5.46. The van der Waals surface area contributed by atoms with Crippen LogP contribution in [0.25, 0.3) is 10.1 Å². The van der Waals surface area contributed by atoms with Crippen molar-refractivity contribution in [3.05, 3.63) is 118 Å². The SMILES string of the molecule is Cc1ccc(/C(Cl)=C/C(/C=C(/Cl)c2ccc(C)cc2)c2ccc(C)cc2)cc1. The first-order valence-corrected chi connectivity index (χ1v) is 10.1. The number of rotatable bonds is 5. The first kappa shape index (κ1) is 20.5. The molecule has 3 aromatic rings. The van der Waals surface area contributed by atoms with Crippen LogP contribution in [0.15, 0.2) is 84.9 Å². The number of hydrogen-bond acceptors (Lipinski definition) is 0. The van der Waals surface area contributed by atoms with Crippen molar-refractivity contribution in [1.82, 2.24) is 0 Å². The van der Waals surface area contributed by atoms with Gasteiger partial charge in [-0.1, -0.05) is 125 Å². The fourth-order valence-electron chi connectivity index (χ4n) is 2.96. The van der Waals surface area contributed by atoms with Crippen LogP contribution in [0.2, 0.25) is 0 Å². The lowest BCUT2D eigenvalue weighted by atomic mass is 9.95. The molecule has 0 aliphatic rings. The number of allylic oxidation sites excluding steroid dienone is 2. The standard InChI is InChI=1S/C26H24Cl2/c1-18-4-10-21(11-5-18)24(16-25(27)22-12-6-19(2)7-13-22)17-26(28)23-14-8-20(3)9-15-23/h4-17,24H,1-3H3/b25-16-,26-17+. The van der Waals surface area contributed by atoms with Gasteiger partial charge in [0.1, 0.15) is 0 Å². The van der Waals surface area contributed by atoms with Crippen molar-refractivity contribution in [3.63, 3.8) is 0 Å². The maximum atomic E-state index is 6.67. The van der Waals surface area contributed by atoms with E-state index in [9.17, 15) is 0 Å². The van der Waals surface area contributed by atoms with E-state index in [1.165, 1.54) is 16.7 Å². The topological polar surface area (TPSA) is 0 Å². The highest BCUT2D eigenvalue weighted by molar-refractivity contribution is 6.49. The van der Waals surface area contributed by atoms with Gasteiger partial charge < -0.3 is 0 Å². The molecule has 0 saturated carbocycles. The lowest BCUT2D eigenvalue weighted by Gasteiger charge is -2.13. The molecule has 0 fully saturated rings. The molecule has 142 valence electrons. The van der Waals surface area contributed by atoms with Gasteiger partial charge >= 0.3 is 0 Å². The maximum Gasteiger partial charge on any atom is 0.0447 e. The molecule has 0 radical (unpaired) electrons. The van der Waals surface area contributed by atoms with Crippen molar-refractivity contribution in [2.45, 2.75) is 26.7 Å². The monoisotopic (exact) mass is 406 g/mol. The van der Waals surface area contributed by atoms with E-state index < -0.39 is 0 Å². The van der Waals surface area contributed by atoms with Gasteiger partial charge in [-0.15, -0.1) is 0 Å². The van der Waals surface area contributed by atoms with Gasteiger partial charge in [0, 0.05) is 16.0 Å². The van der Waals surface area contributed by atoms with Gasteiger partial charge in [0.05, 0.1) is 0 Å². The Labute approximate surface area is 178 Å². The fourth-order valence-corrected chi connectivity index (χ4v) is 3.49. The van der Waals surface area contributed by atoms with Gasteiger partial charge in [0.15, 0.2) is 0 Å². The van der Waals surface area contributed by atoms with E-state index in [0.29, 0.717) is 0 Å². The molecule has 0 aromatic heterocycles. The molecule has 28 heavy (non-hydrogen) atoms. The fraction of sp³-hybridized carbons (Fsp3) is 0.154. The summed E-state index contributed by atoms with van der Waals surface area (Å²) in [4.78, 5) is 0. The van der Waals surface area contributed by atoms with E-state index in [2.05, 4.69) is 81.5 Å². The summed E-state index contributed by atoms with van der Waals surface area (Å²) in [7, 11) is 0. The van der Waals surface area contributed by atoms with E-state index in [1.54, 1.807) is 0 Å². The highest BCUT2D eigenvalue weighted by Gasteiger charge is 2.11. The highest BCUT2D eigenvalue weighted by atomic mass is 35.5. The average Bonchev–Trinajstić information content (AvgIpc) is 2.69. The molecule has 0 amide bonds. The molecule has 0 N–H and O–H groups in total. The molecule has 3 rings (SSSR count). The molecule has 0 aliphatic heterocycles. The van der Waals surface area contributed by atoms with Crippen LogP contribution in [0.3, 0.4) is 0 Å². The minimum atomic E-state index is -0.0248. The van der Waals surface area contributed by atoms with Crippen LogP contribution in [0, 0.1) is 20.8 Å². The molecule has 0 aliphatic carbocycles. The Morgan fingerprint density at radius 2 is 0.893 bits per heavy atom. The first-order valence-electron chi connectivity index (χ1n) is 9.37. The van der Waals surface area contributed by atoms with Crippen LogP contribution in [0.4, 0.5) is 0 Å². The van der Waals surface area contributed by atoms with Crippen molar-refractivity contribution in [3.8, 4) is 0 Å². The smallest absolute Gasteiger partial charge is 0.0447 e. The summed E-state index contributed by atoms with van der Waals surface area (Å²) in [6.45, 7) is 6.23. The summed E-state index contributed by atoms with van der Waals surface area (Å²) in [5, 5.41) is 1.44. The largest absolute Gasteiger partial charge is 0.0840 e. The maximum absolute atomic E-state index is 6.67. The zero-order valence-corrected chi connectivity index (χ0v) is 17.9. The summed E-state index contributed by atoms with van der Waals surface area (Å²) in [6.07, 6.45) is 4.13. The lowest BCUT2D eigenvalue weighted by molar-refractivity contribution is 1.09. The summed E-state index contributed by atoms with van der Waals surface area (Å²) >= 11 is 13.3. The van der Waals surface area contributed by atoms with Gasteiger partial charge in [0.2, 0.25) is 0 Å². The molecule has 1 unspecified atom stereocenters. The van der Waals surface area contributed by atoms with E-state index in [1.807, 2.05) is 24.3 Å². The number of hydrogen-bond donors (Lipinski definition) is 0. The first-order chi connectivity index (χ1) is 13.4.